The molecule has 2 amide bonds. The number of nitrogens with one attached hydrogen (secondary N) is 1. The monoisotopic (exact) mass is 444 g/mol. The zero-order valence-electron chi connectivity index (χ0n) is 19.1. The van der Waals surface area contributed by atoms with Crippen molar-refractivity contribution in [3.63, 3.8) is 0 Å². The Balaban J connectivity index is 2.11. The molecule has 0 radical (unpaired) electrons. The van der Waals surface area contributed by atoms with Gasteiger partial charge in [-0.25, -0.2) is 0 Å². The molecule has 5 nitrogen and oxygen atoms in total. The maximum absolute atomic E-state index is 13.1. The number of halogens is 1. The van der Waals surface area contributed by atoms with E-state index >= 15 is 0 Å². The van der Waals surface area contributed by atoms with Crippen LogP contribution in [0.15, 0.2) is 42.5 Å². The number of carbonyl (C=O) groups is 2. The lowest BCUT2D eigenvalue weighted by atomic mass is 10.1. The summed E-state index contributed by atoms with van der Waals surface area (Å²) in [6, 6.07) is 13.0. The molecule has 0 unspecified atom stereocenters. The number of aryl methyl sites for hydroxylation is 2. The average molecular weight is 445 g/mol. The lowest BCUT2D eigenvalue weighted by Gasteiger charge is -2.29. The molecule has 0 aromatic heterocycles. The lowest BCUT2D eigenvalue weighted by Crippen LogP contribution is -2.51. The first-order valence-electron chi connectivity index (χ1n) is 10.8. The van der Waals surface area contributed by atoms with Crippen LogP contribution in [-0.4, -0.2) is 41.9 Å². The number of benzene rings is 2. The van der Waals surface area contributed by atoms with Crippen molar-refractivity contribution in [2.24, 2.45) is 0 Å². The highest BCUT2D eigenvalue weighted by molar-refractivity contribution is 6.32. The quantitative estimate of drug-likeness (QED) is 0.577. The summed E-state index contributed by atoms with van der Waals surface area (Å²) in [6.07, 6.45) is 1.49. The Morgan fingerprint density at radius 1 is 1.10 bits per heavy atom. The van der Waals surface area contributed by atoms with Crippen LogP contribution in [0.2, 0.25) is 5.02 Å². The second-order valence-corrected chi connectivity index (χ2v) is 8.35. The van der Waals surface area contributed by atoms with Gasteiger partial charge in [0.15, 0.2) is 6.61 Å². The van der Waals surface area contributed by atoms with Crippen LogP contribution in [0.3, 0.4) is 0 Å². The SMILES string of the molecule is CC[C@H](C)NC(=O)[C@@H](C)N(CCc1ccccc1)C(=O)COc1cc(C)c(Cl)c(C)c1. The molecule has 0 saturated carbocycles. The highest BCUT2D eigenvalue weighted by atomic mass is 35.5. The standard InChI is InChI=1S/C25H33ClN2O3/c1-6-19(4)27-25(30)20(5)28(13-12-21-10-8-7-9-11-21)23(29)16-31-22-14-17(2)24(26)18(3)15-22/h7-11,14-15,19-20H,6,12-13,16H2,1-5H3,(H,27,30)/t19-,20+/m0/s1. The highest BCUT2D eigenvalue weighted by Crippen LogP contribution is 2.26. The third-order valence-electron chi connectivity index (χ3n) is 5.42. The number of nitrogens with zero attached hydrogens (tertiary/aromatic N) is 1. The van der Waals surface area contributed by atoms with Crippen LogP contribution < -0.4 is 10.1 Å². The van der Waals surface area contributed by atoms with Crippen molar-refractivity contribution in [1.29, 1.82) is 0 Å². The summed E-state index contributed by atoms with van der Waals surface area (Å²) in [5, 5.41) is 3.66. The summed E-state index contributed by atoms with van der Waals surface area (Å²) < 4.78 is 5.77. The van der Waals surface area contributed by atoms with E-state index in [0.29, 0.717) is 23.7 Å². The van der Waals surface area contributed by atoms with E-state index in [1.807, 2.05) is 70.2 Å². The van der Waals surface area contributed by atoms with Gasteiger partial charge in [-0.2, -0.15) is 0 Å². The first-order chi connectivity index (χ1) is 14.7. The number of hydrogen-bond acceptors (Lipinski definition) is 3. The van der Waals surface area contributed by atoms with Crippen molar-refractivity contribution in [3.8, 4) is 5.75 Å². The van der Waals surface area contributed by atoms with Crippen LogP contribution in [-0.2, 0) is 16.0 Å². The van der Waals surface area contributed by atoms with Gasteiger partial charge in [0.25, 0.3) is 5.91 Å². The molecule has 0 heterocycles. The normalized spacial score (nSPS) is 12.7. The zero-order chi connectivity index (χ0) is 23.0. The molecular formula is C25H33ClN2O3. The first kappa shape index (κ1) is 24.7. The van der Waals surface area contributed by atoms with E-state index in [1.165, 1.54) is 0 Å². The van der Waals surface area contributed by atoms with Gasteiger partial charge in [0.05, 0.1) is 0 Å². The fourth-order valence-corrected chi connectivity index (χ4v) is 3.36. The molecule has 0 fully saturated rings. The van der Waals surface area contributed by atoms with Gasteiger partial charge in [-0.3, -0.25) is 9.59 Å². The largest absolute Gasteiger partial charge is 0.484 e. The predicted molar refractivity (Wildman–Crippen MR) is 126 cm³/mol. The molecule has 0 saturated heterocycles. The average Bonchev–Trinajstić information content (AvgIpc) is 2.76. The minimum absolute atomic E-state index is 0.0530. The topological polar surface area (TPSA) is 58.6 Å². The summed E-state index contributed by atoms with van der Waals surface area (Å²) >= 11 is 6.22. The van der Waals surface area contributed by atoms with Gasteiger partial charge in [0, 0.05) is 17.6 Å². The fraction of sp³-hybridized carbons (Fsp3) is 0.440. The maximum atomic E-state index is 13.1. The Hall–Kier alpha value is -2.53. The number of amides is 2. The van der Waals surface area contributed by atoms with Crippen molar-refractivity contribution in [1.82, 2.24) is 10.2 Å². The van der Waals surface area contributed by atoms with Gasteiger partial charge in [-0.15, -0.1) is 0 Å². The summed E-state index contributed by atoms with van der Waals surface area (Å²) in [4.78, 5) is 27.4. The molecule has 2 rings (SSSR count). The molecule has 2 atom stereocenters. The maximum Gasteiger partial charge on any atom is 0.261 e. The minimum Gasteiger partial charge on any atom is -0.484 e. The number of ether oxygens (including phenoxy) is 1. The predicted octanol–water partition coefficient (Wildman–Crippen LogP) is 4.71. The zero-order valence-corrected chi connectivity index (χ0v) is 19.8. The van der Waals surface area contributed by atoms with Crippen LogP contribution in [0.1, 0.15) is 43.9 Å². The lowest BCUT2D eigenvalue weighted by molar-refractivity contribution is -0.141. The fourth-order valence-electron chi connectivity index (χ4n) is 3.25. The summed E-state index contributed by atoms with van der Waals surface area (Å²) in [5.41, 5.74) is 2.90. The molecule has 0 aliphatic heterocycles. The molecule has 0 spiro atoms. The minimum atomic E-state index is -0.595. The van der Waals surface area contributed by atoms with Crippen molar-refractivity contribution in [2.45, 2.75) is 59.5 Å². The molecule has 6 heteroatoms. The molecule has 2 aromatic carbocycles. The van der Waals surface area contributed by atoms with Crippen LogP contribution in [0, 0.1) is 13.8 Å². The van der Waals surface area contributed by atoms with Gasteiger partial charge in [0.1, 0.15) is 11.8 Å². The second kappa shape index (κ2) is 11.8. The van der Waals surface area contributed by atoms with E-state index in [9.17, 15) is 9.59 Å². The Bertz CT molecular complexity index is 863. The Morgan fingerprint density at radius 3 is 2.29 bits per heavy atom. The third-order valence-corrected chi connectivity index (χ3v) is 6.02. The van der Waals surface area contributed by atoms with Crippen molar-refractivity contribution in [3.05, 3.63) is 64.2 Å². The van der Waals surface area contributed by atoms with Crippen molar-refractivity contribution >= 4 is 23.4 Å². The van der Waals surface area contributed by atoms with E-state index in [2.05, 4.69) is 5.32 Å². The molecule has 1 N–H and O–H groups in total. The number of carbonyl (C=O) groups excluding carboxylic acids is 2. The van der Waals surface area contributed by atoms with Crippen molar-refractivity contribution < 1.29 is 14.3 Å². The van der Waals surface area contributed by atoms with Gasteiger partial charge in [0.2, 0.25) is 5.91 Å². The Kier molecular flexibility index (Phi) is 9.38. The highest BCUT2D eigenvalue weighted by Gasteiger charge is 2.26. The van der Waals surface area contributed by atoms with Gasteiger partial charge in [-0.05, 0) is 69.4 Å². The van der Waals surface area contributed by atoms with E-state index < -0.39 is 6.04 Å². The second-order valence-electron chi connectivity index (χ2n) is 7.98. The molecule has 0 aliphatic rings. The third kappa shape index (κ3) is 7.28. The van der Waals surface area contributed by atoms with Crippen LogP contribution in [0.5, 0.6) is 5.75 Å². The van der Waals surface area contributed by atoms with Crippen LogP contribution >= 0.6 is 11.6 Å². The van der Waals surface area contributed by atoms with Crippen molar-refractivity contribution in [2.75, 3.05) is 13.2 Å². The van der Waals surface area contributed by atoms with E-state index in [0.717, 1.165) is 23.1 Å². The molecule has 168 valence electrons. The molecule has 31 heavy (non-hydrogen) atoms. The van der Waals surface area contributed by atoms with Crippen LogP contribution in [0.4, 0.5) is 0 Å². The van der Waals surface area contributed by atoms with E-state index in [-0.39, 0.29) is 24.5 Å². The summed E-state index contributed by atoms with van der Waals surface area (Å²) in [5.74, 6) is 0.203. The van der Waals surface area contributed by atoms with E-state index in [1.54, 1.807) is 11.8 Å². The summed E-state index contributed by atoms with van der Waals surface area (Å²) in [6.45, 7) is 9.81. The molecule has 2 aromatic rings. The van der Waals surface area contributed by atoms with Gasteiger partial charge < -0.3 is 15.0 Å². The van der Waals surface area contributed by atoms with Crippen LogP contribution in [0.25, 0.3) is 0 Å². The van der Waals surface area contributed by atoms with Gasteiger partial charge in [-0.1, -0.05) is 48.9 Å². The Morgan fingerprint density at radius 2 is 1.71 bits per heavy atom. The number of rotatable bonds is 10. The first-order valence-corrected chi connectivity index (χ1v) is 11.1. The molecular weight excluding hydrogens is 412 g/mol. The smallest absolute Gasteiger partial charge is 0.261 e. The molecule has 0 bridgehead atoms. The summed E-state index contributed by atoms with van der Waals surface area (Å²) in [7, 11) is 0. The number of hydrogen-bond donors (Lipinski definition) is 1. The van der Waals surface area contributed by atoms with Gasteiger partial charge >= 0.3 is 0 Å². The van der Waals surface area contributed by atoms with E-state index in [4.69, 9.17) is 16.3 Å². The molecule has 0 aliphatic carbocycles. The Labute approximate surface area is 190 Å².